The Labute approximate surface area is 362 Å². The number of benzene rings is 1. The van der Waals surface area contributed by atoms with Crippen LogP contribution in [0.5, 0.6) is 0 Å². The smallest absolute Gasteiger partial charge is 0.192 e. The van der Waals surface area contributed by atoms with E-state index in [9.17, 15) is 5.11 Å². The Balaban J connectivity index is 1.89. The van der Waals surface area contributed by atoms with E-state index < -0.39 is 22.7 Å². The molecule has 0 amide bonds. The Morgan fingerprint density at radius 3 is 1.74 bits per heavy atom. The van der Waals surface area contributed by atoms with E-state index in [1.807, 2.05) is 6.07 Å². The highest BCUT2D eigenvalue weighted by Gasteiger charge is 2.49. The van der Waals surface area contributed by atoms with Crippen molar-refractivity contribution in [2.24, 2.45) is 0 Å². The number of rotatable bonds is 33. The molecule has 5 atom stereocenters. The van der Waals surface area contributed by atoms with Crippen molar-refractivity contribution in [3.63, 3.8) is 0 Å². The topological polar surface area (TPSA) is 57.2 Å². The van der Waals surface area contributed by atoms with E-state index in [0.717, 1.165) is 38.7 Å². The Bertz CT molecular complexity index is 1170. The lowest BCUT2D eigenvalue weighted by atomic mass is 9.99. The van der Waals surface area contributed by atoms with Crippen LogP contribution in [0.4, 0.5) is 0 Å². The minimum Gasteiger partial charge on any atom is -0.411 e. The second kappa shape index (κ2) is 28.7. The average molecular weight is 845 g/mol. The summed E-state index contributed by atoms with van der Waals surface area (Å²) >= 11 is 0. The van der Waals surface area contributed by atoms with Gasteiger partial charge >= 0.3 is 0 Å². The molecule has 1 heterocycles. The van der Waals surface area contributed by atoms with Crippen molar-refractivity contribution >= 4 is 16.6 Å². The molecule has 1 saturated heterocycles. The van der Waals surface area contributed by atoms with Crippen LogP contribution < -0.4 is 0 Å². The molecular weight excluding hydrogens is 749 g/mol. The van der Waals surface area contributed by atoms with Crippen LogP contribution in [0.15, 0.2) is 42.5 Å². The molecule has 0 spiro atoms. The predicted octanol–water partition coefficient (Wildman–Crippen LogP) is 15.7. The van der Waals surface area contributed by atoms with Gasteiger partial charge in [-0.25, -0.2) is 0 Å². The van der Waals surface area contributed by atoms with E-state index in [-0.39, 0.29) is 34.5 Å². The van der Waals surface area contributed by atoms with Gasteiger partial charge in [-0.05, 0) is 80.4 Å². The molecule has 1 aliphatic rings. The lowest BCUT2D eigenvalue weighted by Gasteiger charge is -2.41. The first kappa shape index (κ1) is 53.3. The number of allylic oxidation sites excluding steroid dienone is 2. The van der Waals surface area contributed by atoms with Crippen molar-refractivity contribution in [1.29, 1.82) is 0 Å². The highest BCUT2D eigenvalue weighted by Crippen LogP contribution is 2.43. The van der Waals surface area contributed by atoms with Crippen LogP contribution in [-0.4, -0.2) is 58.9 Å². The van der Waals surface area contributed by atoms with Gasteiger partial charge in [-0.2, -0.15) is 0 Å². The van der Waals surface area contributed by atoms with Gasteiger partial charge in [0, 0.05) is 13.0 Å². The van der Waals surface area contributed by atoms with Crippen LogP contribution in [0.25, 0.3) is 0 Å². The van der Waals surface area contributed by atoms with Crippen LogP contribution in [-0.2, 0) is 24.9 Å². The third kappa shape index (κ3) is 21.8. The molecule has 338 valence electrons. The molecule has 1 fully saturated rings. The molecular formula is C51H96O5Si2. The SMILES string of the molecule is CCCCCCCCCCCCCCCCC[C@H](O[Si](C)(C)C(C)(C)C)[C@@H]1C[C@@H](O[Si](C)(C)C(C)(C)C)[C@@H]([C@@H](O)CC/C=C\CCCCCOCc2ccccc2)O1. The molecule has 0 aromatic heterocycles. The van der Waals surface area contributed by atoms with Gasteiger partial charge in [0.1, 0.15) is 6.10 Å². The highest BCUT2D eigenvalue weighted by atomic mass is 28.4. The van der Waals surface area contributed by atoms with E-state index in [1.165, 1.54) is 115 Å². The van der Waals surface area contributed by atoms with Crippen molar-refractivity contribution < 1.29 is 23.4 Å². The molecule has 0 saturated carbocycles. The molecule has 0 radical (unpaired) electrons. The standard InChI is InChI=1S/C51H96O5Si2/c1-12-13-14-15-16-17-18-19-20-21-22-23-26-29-35-40-46(55-57(8,9)50(2,3)4)47-42-48(56-58(10,11)51(5,6)7)49(54-47)45(52)39-34-28-25-24-27-30-36-41-53-43-44-37-32-31-33-38-44/h25,28,31-33,37-38,45-49,52H,12-24,26-27,29-30,34-36,39-43H2,1-11H3/b28-25-/t45-,46-,47-,48+,49+/m0/s1. The number of ether oxygens (including phenoxy) is 2. The van der Waals surface area contributed by atoms with Crippen LogP contribution >= 0.6 is 0 Å². The number of hydrogen-bond donors (Lipinski definition) is 1. The normalized spacial score (nSPS) is 19.3. The first-order valence-corrected chi connectivity index (χ1v) is 30.3. The molecule has 1 aliphatic heterocycles. The minimum atomic E-state index is -2.09. The maximum atomic E-state index is 11.7. The van der Waals surface area contributed by atoms with E-state index in [1.54, 1.807) is 0 Å². The molecule has 5 nitrogen and oxygen atoms in total. The summed E-state index contributed by atoms with van der Waals surface area (Å²) in [5.41, 5.74) is 1.23. The molecule has 2 rings (SSSR count). The van der Waals surface area contributed by atoms with Gasteiger partial charge in [0.05, 0.1) is 31.0 Å². The zero-order valence-electron chi connectivity index (χ0n) is 40.2. The van der Waals surface area contributed by atoms with Crippen LogP contribution in [0, 0.1) is 0 Å². The van der Waals surface area contributed by atoms with Crippen LogP contribution in [0.1, 0.15) is 202 Å². The Kier molecular flexibility index (Phi) is 26.4. The molecule has 58 heavy (non-hydrogen) atoms. The lowest BCUT2D eigenvalue weighted by Crippen LogP contribution is -2.48. The second-order valence-electron chi connectivity index (χ2n) is 21.0. The zero-order valence-corrected chi connectivity index (χ0v) is 42.2. The van der Waals surface area contributed by atoms with Crippen molar-refractivity contribution in [2.75, 3.05) is 6.61 Å². The summed E-state index contributed by atoms with van der Waals surface area (Å²) in [4.78, 5) is 0. The lowest BCUT2D eigenvalue weighted by molar-refractivity contribution is -0.0899. The summed E-state index contributed by atoms with van der Waals surface area (Å²) in [6.45, 7) is 27.2. The Morgan fingerprint density at radius 1 is 0.672 bits per heavy atom. The number of aliphatic hydroxyl groups excluding tert-OH is 1. The Hall–Kier alpha value is -0.806. The average Bonchev–Trinajstić information content (AvgIpc) is 3.57. The number of hydrogen-bond acceptors (Lipinski definition) is 5. The summed E-state index contributed by atoms with van der Waals surface area (Å²) in [6, 6.07) is 10.4. The van der Waals surface area contributed by atoms with Crippen LogP contribution in [0.2, 0.25) is 36.3 Å². The Morgan fingerprint density at radius 2 is 1.19 bits per heavy atom. The third-order valence-electron chi connectivity index (χ3n) is 13.6. The van der Waals surface area contributed by atoms with Crippen molar-refractivity contribution in [1.82, 2.24) is 0 Å². The molecule has 0 aliphatic carbocycles. The monoisotopic (exact) mass is 845 g/mol. The van der Waals surface area contributed by atoms with E-state index >= 15 is 0 Å². The summed E-state index contributed by atoms with van der Waals surface area (Å²) in [7, 11) is -4.14. The summed E-state index contributed by atoms with van der Waals surface area (Å²) in [5, 5.41) is 11.9. The summed E-state index contributed by atoms with van der Waals surface area (Å²) < 4.78 is 27.2. The van der Waals surface area contributed by atoms with Crippen molar-refractivity contribution in [3.05, 3.63) is 48.0 Å². The molecule has 0 bridgehead atoms. The van der Waals surface area contributed by atoms with E-state index in [4.69, 9.17) is 18.3 Å². The first-order valence-electron chi connectivity index (χ1n) is 24.4. The third-order valence-corrected chi connectivity index (χ3v) is 22.6. The van der Waals surface area contributed by atoms with Crippen molar-refractivity contribution in [3.8, 4) is 0 Å². The fourth-order valence-electron chi connectivity index (χ4n) is 7.62. The summed E-state index contributed by atoms with van der Waals surface area (Å²) in [6.07, 6.45) is 32.0. The van der Waals surface area contributed by atoms with Crippen molar-refractivity contribution in [2.45, 2.75) is 270 Å². The molecule has 1 N–H and O–H groups in total. The van der Waals surface area contributed by atoms with Crippen LogP contribution in [0.3, 0.4) is 0 Å². The van der Waals surface area contributed by atoms with E-state index in [2.05, 4.69) is 111 Å². The van der Waals surface area contributed by atoms with Gasteiger partial charge in [-0.3, -0.25) is 0 Å². The molecule has 0 unspecified atom stereocenters. The zero-order chi connectivity index (χ0) is 42.9. The summed E-state index contributed by atoms with van der Waals surface area (Å²) in [5.74, 6) is 0. The molecule has 1 aromatic carbocycles. The molecule has 7 heteroatoms. The molecule has 1 aromatic rings. The fraction of sp³-hybridized carbons (Fsp3) is 0.843. The van der Waals surface area contributed by atoms with Gasteiger partial charge in [0.15, 0.2) is 16.6 Å². The van der Waals surface area contributed by atoms with Gasteiger partial charge < -0.3 is 23.4 Å². The fourth-order valence-corrected chi connectivity index (χ4v) is 10.3. The van der Waals surface area contributed by atoms with Gasteiger partial charge in [0.25, 0.3) is 0 Å². The minimum absolute atomic E-state index is 0.0363. The quantitative estimate of drug-likeness (QED) is 0.0434. The first-order chi connectivity index (χ1) is 27.5. The van der Waals surface area contributed by atoms with Gasteiger partial charge in [-0.1, -0.05) is 194 Å². The van der Waals surface area contributed by atoms with Gasteiger partial charge in [0.2, 0.25) is 0 Å². The van der Waals surface area contributed by atoms with Gasteiger partial charge in [-0.15, -0.1) is 0 Å². The second-order valence-corrected chi connectivity index (χ2v) is 30.5. The predicted molar refractivity (Wildman–Crippen MR) is 256 cm³/mol. The van der Waals surface area contributed by atoms with E-state index in [0.29, 0.717) is 13.0 Å². The highest BCUT2D eigenvalue weighted by molar-refractivity contribution is 6.74. The number of unbranched alkanes of at least 4 members (excludes halogenated alkanes) is 17. The maximum Gasteiger partial charge on any atom is 0.192 e. The largest absolute Gasteiger partial charge is 0.411 e. The maximum absolute atomic E-state index is 11.7. The number of aliphatic hydroxyl groups is 1.